The number of aryl methyl sites for hydroxylation is 2. The number of amides is 2. The number of carbonyl (C=O) groups is 2. The van der Waals surface area contributed by atoms with Gasteiger partial charge in [-0.3, -0.25) is 19.2 Å². The van der Waals surface area contributed by atoms with Gasteiger partial charge in [0.1, 0.15) is 0 Å². The molecule has 2 rings (SSSR count). The van der Waals surface area contributed by atoms with E-state index in [1.165, 1.54) is 0 Å². The van der Waals surface area contributed by atoms with E-state index in [-0.39, 0.29) is 17.9 Å². The summed E-state index contributed by atoms with van der Waals surface area (Å²) in [7, 11) is 1.90. The van der Waals surface area contributed by atoms with Crippen LogP contribution >= 0.6 is 0 Å². The van der Waals surface area contributed by atoms with Crippen LogP contribution in [0.15, 0.2) is 0 Å². The van der Waals surface area contributed by atoms with Gasteiger partial charge in [0.05, 0.1) is 18.7 Å². The first-order valence-corrected chi connectivity index (χ1v) is 8.56. The molecule has 1 aliphatic rings. The summed E-state index contributed by atoms with van der Waals surface area (Å²) in [4.78, 5) is 28.4. The van der Waals surface area contributed by atoms with Gasteiger partial charge in [-0.05, 0) is 27.7 Å². The Labute approximate surface area is 144 Å². The third-order valence-electron chi connectivity index (χ3n) is 4.53. The van der Waals surface area contributed by atoms with Crippen molar-refractivity contribution in [1.82, 2.24) is 24.9 Å². The first kappa shape index (κ1) is 18.4. The van der Waals surface area contributed by atoms with Crippen LogP contribution in [-0.2, 0) is 23.1 Å². The Kier molecular flexibility index (Phi) is 5.99. The van der Waals surface area contributed by atoms with Crippen molar-refractivity contribution in [3.8, 4) is 0 Å². The monoisotopic (exact) mass is 335 g/mol. The van der Waals surface area contributed by atoms with Crippen LogP contribution in [0.5, 0.6) is 0 Å². The average molecular weight is 335 g/mol. The summed E-state index contributed by atoms with van der Waals surface area (Å²) < 4.78 is 1.82. The van der Waals surface area contributed by atoms with Gasteiger partial charge in [0, 0.05) is 50.5 Å². The van der Waals surface area contributed by atoms with Gasteiger partial charge >= 0.3 is 0 Å². The molecule has 0 radical (unpaired) electrons. The molecular weight excluding hydrogens is 306 g/mol. The van der Waals surface area contributed by atoms with Crippen molar-refractivity contribution in [3.63, 3.8) is 0 Å². The summed E-state index contributed by atoms with van der Waals surface area (Å²) in [6.45, 7) is 11.1. The molecule has 0 aromatic carbocycles. The van der Waals surface area contributed by atoms with Crippen molar-refractivity contribution in [2.75, 3.05) is 32.7 Å². The minimum atomic E-state index is 0.0476. The van der Waals surface area contributed by atoms with E-state index in [1.54, 1.807) is 0 Å². The van der Waals surface area contributed by atoms with Crippen molar-refractivity contribution >= 4 is 11.8 Å². The number of nitrogens with zero attached hydrogens (tertiary/aromatic N) is 4. The minimum absolute atomic E-state index is 0.0476. The lowest BCUT2D eigenvalue weighted by atomic mass is 10.1. The molecule has 7 nitrogen and oxygen atoms in total. The van der Waals surface area contributed by atoms with Crippen LogP contribution in [0, 0.1) is 13.8 Å². The number of hydrogen-bond acceptors (Lipinski definition) is 4. The summed E-state index contributed by atoms with van der Waals surface area (Å²) in [5.74, 6) is 0.187. The van der Waals surface area contributed by atoms with Gasteiger partial charge in [0.25, 0.3) is 0 Å². The molecule has 134 valence electrons. The molecule has 24 heavy (non-hydrogen) atoms. The summed E-state index contributed by atoms with van der Waals surface area (Å²) in [6, 6.07) is 0.159. The molecular formula is C17H29N5O2. The highest BCUT2D eigenvalue weighted by Crippen LogP contribution is 2.14. The molecule has 2 heterocycles. The van der Waals surface area contributed by atoms with Crippen LogP contribution in [-0.4, -0.2) is 70.2 Å². The van der Waals surface area contributed by atoms with E-state index in [0.29, 0.717) is 26.1 Å². The summed E-state index contributed by atoms with van der Waals surface area (Å²) >= 11 is 0. The van der Waals surface area contributed by atoms with E-state index in [1.807, 2.05) is 44.3 Å². The van der Waals surface area contributed by atoms with E-state index in [9.17, 15) is 9.59 Å². The van der Waals surface area contributed by atoms with Crippen LogP contribution < -0.4 is 5.32 Å². The molecule has 1 aliphatic heterocycles. The Morgan fingerprint density at radius 1 is 1.17 bits per heavy atom. The first-order chi connectivity index (χ1) is 11.3. The van der Waals surface area contributed by atoms with Gasteiger partial charge < -0.3 is 10.2 Å². The quantitative estimate of drug-likeness (QED) is 0.837. The molecule has 0 spiro atoms. The Balaban J connectivity index is 1.83. The molecule has 0 aliphatic carbocycles. The third kappa shape index (κ3) is 4.56. The first-order valence-electron chi connectivity index (χ1n) is 8.56. The second-order valence-electron chi connectivity index (χ2n) is 6.83. The standard InChI is InChI=1S/C17H29N5O2/c1-12(2)18-16(23)11-21-6-8-22(9-7-21)17(24)10-15-13(3)19-20(5)14(15)4/h12H,6-11H2,1-5H3,(H,18,23). The van der Waals surface area contributed by atoms with Crippen molar-refractivity contribution < 1.29 is 9.59 Å². The van der Waals surface area contributed by atoms with Crippen molar-refractivity contribution in [2.24, 2.45) is 7.05 Å². The van der Waals surface area contributed by atoms with Crippen molar-refractivity contribution in [1.29, 1.82) is 0 Å². The second kappa shape index (κ2) is 7.79. The van der Waals surface area contributed by atoms with Crippen LogP contribution in [0.2, 0.25) is 0 Å². The Hall–Kier alpha value is -1.89. The molecule has 1 aromatic heterocycles. The normalized spacial score (nSPS) is 15.8. The lowest BCUT2D eigenvalue weighted by molar-refractivity contribution is -0.132. The third-order valence-corrected chi connectivity index (χ3v) is 4.53. The maximum absolute atomic E-state index is 12.5. The van der Waals surface area contributed by atoms with E-state index in [0.717, 1.165) is 30.0 Å². The number of piperazine rings is 1. The van der Waals surface area contributed by atoms with Crippen LogP contribution in [0.3, 0.4) is 0 Å². The molecule has 0 bridgehead atoms. The average Bonchev–Trinajstić information content (AvgIpc) is 2.73. The van der Waals surface area contributed by atoms with Gasteiger partial charge in [-0.15, -0.1) is 0 Å². The Morgan fingerprint density at radius 3 is 2.29 bits per heavy atom. The number of rotatable bonds is 5. The summed E-state index contributed by atoms with van der Waals surface area (Å²) in [5.41, 5.74) is 3.00. The van der Waals surface area contributed by atoms with E-state index >= 15 is 0 Å². The van der Waals surface area contributed by atoms with E-state index in [4.69, 9.17) is 0 Å². The predicted molar refractivity (Wildman–Crippen MR) is 92.7 cm³/mol. The fourth-order valence-electron chi connectivity index (χ4n) is 3.06. The molecule has 0 saturated carbocycles. The van der Waals surface area contributed by atoms with Gasteiger partial charge in [0.15, 0.2) is 0 Å². The highest BCUT2D eigenvalue weighted by Gasteiger charge is 2.24. The number of hydrogen-bond donors (Lipinski definition) is 1. The van der Waals surface area contributed by atoms with E-state index < -0.39 is 0 Å². The topological polar surface area (TPSA) is 70.5 Å². The van der Waals surface area contributed by atoms with Crippen LogP contribution in [0.25, 0.3) is 0 Å². The fraction of sp³-hybridized carbons (Fsp3) is 0.706. The van der Waals surface area contributed by atoms with Gasteiger partial charge in [-0.25, -0.2) is 0 Å². The van der Waals surface area contributed by atoms with Gasteiger partial charge in [-0.1, -0.05) is 0 Å². The van der Waals surface area contributed by atoms with E-state index in [2.05, 4.69) is 15.3 Å². The van der Waals surface area contributed by atoms with Crippen molar-refractivity contribution in [2.45, 2.75) is 40.2 Å². The number of nitrogens with one attached hydrogen (secondary N) is 1. The van der Waals surface area contributed by atoms with Gasteiger partial charge in [0.2, 0.25) is 11.8 Å². The molecule has 1 aromatic rings. The van der Waals surface area contributed by atoms with Gasteiger partial charge in [-0.2, -0.15) is 5.10 Å². The fourth-order valence-corrected chi connectivity index (χ4v) is 3.06. The highest BCUT2D eigenvalue weighted by atomic mass is 16.2. The minimum Gasteiger partial charge on any atom is -0.353 e. The SMILES string of the molecule is Cc1nn(C)c(C)c1CC(=O)N1CCN(CC(=O)NC(C)C)CC1. The molecule has 0 atom stereocenters. The maximum Gasteiger partial charge on any atom is 0.234 e. The number of carbonyl (C=O) groups excluding carboxylic acids is 2. The lowest BCUT2D eigenvalue weighted by Gasteiger charge is -2.34. The second-order valence-corrected chi connectivity index (χ2v) is 6.83. The molecule has 2 amide bonds. The zero-order valence-corrected chi connectivity index (χ0v) is 15.4. The zero-order chi connectivity index (χ0) is 17.9. The largest absolute Gasteiger partial charge is 0.353 e. The molecule has 1 N–H and O–H groups in total. The maximum atomic E-state index is 12.5. The molecule has 0 unspecified atom stereocenters. The van der Waals surface area contributed by atoms with Crippen LogP contribution in [0.4, 0.5) is 0 Å². The lowest BCUT2D eigenvalue weighted by Crippen LogP contribution is -2.51. The zero-order valence-electron chi connectivity index (χ0n) is 15.4. The molecule has 7 heteroatoms. The summed E-state index contributed by atoms with van der Waals surface area (Å²) in [6.07, 6.45) is 0.402. The number of aromatic nitrogens is 2. The predicted octanol–water partition coefficient (Wildman–Crippen LogP) is 0.248. The van der Waals surface area contributed by atoms with Crippen molar-refractivity contribution in [3.05, 3.63) is 17.0 Å². The Morgan fingerprint density at radius 2 is 1.79 bits per heavy atom. The Bertz CT molecular complexity index is 600. The highest BCUT2D eigenvalue weighted by molar-refractivity contribution is 5.80. The summed E-state index contributed by atoms with van der Waals surface area (Å²) in [5, 5.41) is 7.27. The van der Waals surface area contributed by atoms with Crippen LogP contribution in [0.1, 0.15) is 30.8 Å². The molecule has 1 saturated heterocycles. The molecule has 1 fully saturated rings. The smallest absolute Gasteiger partial charge is 0.234 e.